The lowest BCUT2D eigenvalue weighted by atomic mass is 10.1. The van der Waals surface area contributed by atoms with Crippen molar-refractivity contribution in [1.82, 2.24) is 9.80 Å². The van der Waals surface area contributed by atoms with Gasteiger partial charge in [-0.1, -0.05) is 60.1 Å². The Hall–Kier alpha value is -3.09. The Morgan fingerprint density at radius 2 is 1.64 bits per heavy atom. The molecule has 33 heavy (non-hydrogen) atoms. The lowest BCUT2D eigenvalue weighted by Crippen LogP contribution is -2.50. The van der Waals surface area contributed by atoms with Crippen molar-refractivity contribution in [3.05, 3.63) is 71.8 Å². The minimum atomic E-state index is -0.103. The van der Waals surface area contributed by atoms with E-state index in [1.807, 2.05) is 47.4 Å². The lowest BCUT2D eigenvalue weighted by Gasteiger charge is -2.34. The molecule has 1 aliphatic heterocycles. The largest absolute Gasteiger partial charge is 0.493 e. The number of para-hydroxylation sites is 1. The number of piperazine rings is 1. The van der Waals surface area contributed by atoms with Crippen molar-refractivity contribution < 1.29 is 14.3 Å². The molecule has 0 unspecified atom stereocenters. The monoisotopic (exact) mass is 465 g/mol. The Labute approximate surface area is 199 Å². The van der Waals surface area contributed by atoms with Gasteiger partial charge in [-0.3, -0.25) is 14.5 Å². The number of nitrogens with zero attached hydrogens (tertiary/aromatic N) is 2. The summed E-state index contributed by atoms with van der Waals surface area (Å²) >= 11 is 6.10. The highest BCUT2D eigenvalue weighted by Gasteiger charge is 2.22. The first-order chi connectivity index (χ1) is 16.1. The zero-order valence-electron chi connectivity index (χ0n) is 18.5. The average Bonchev–Trinajstić information content (AvgIpc) is 2.83. The van der Waals surface area contributed by atoms with Gasteiger partial charge in [0.05, 0.1) is 23.9 Å². The van der Waals surface area contributed by atoms with E-state index in [2.05, 4.69) is 22.3 Å². The number of hydrogen-bond acceptors (Lipinski definition) is 4. The van der Waals surface area contributed by atoms with Crippen LogP contribution in [0.5, 0.6) is 5.75 Å². The van der Waals surface area contributed by atoms with Crippen molar-refractivity contribution >= 4 is 39.9 Å². The zero-order valence-corrected chi connectivity index (χ0v) is 19.3. The molecule has 2 amide bonds. The predicted octanol–water partition coefficient (Wildman–Crippen LogP) is 4.44. The number of fused-ring (bicyclic) bond motifs is 1. The van der Waals surface area contributed by atoms with Gasteiger partial charge in [0.25, 0.3) is 0 Å². The fourth-order valence-corrected chi connectivity index (χ4v) is 4.18. The predicted molar refractivity (Wildman–Crippen MR) is 132 cm³/mol. The Kier molecular flexibility index (Phi) is 7.81. The summed E-state index contributed by atoms with van der Waals surface area (Å²) in [5.41, 5.74) is 0.615. The topological polar surface area (TPSA) is 61.9 Å². The molecule has 1 heterocycles. The molecule has 3 aromatic rings. The van der Waals surface area contributed by atoms with Gasteiger partial charge >= 0.3 is 0 Å². The van der Waals surface area contributed by atoms with Crippen LogP contribution in [0.15, 0.2) is 66.7 Å². The van der Waals surface area contributed by atoms with E-state index in [4.69, 9.17) is 16.3 Å². The van der Waals surface area contributed by atoms with E-state index in [0.29, 0.717) is 56.3 Å². The van der Waals surface area contributed by atoms with Crippen molar-refractivity contribution in [3.8, 4) is 5.75 Å². The first-order valence-electron chi connectivity index (χ1n) is 11.3. The molecule has 172 valence electrons. The van der Waals surface area contributed by atoms with E-state index in [-0.39, 0.29) is 18.4 Å². The molecule has 7 heteroatoms. The Balaban J connectivity index is 1.16. The summed E-state index contributed by atoms with van der Waals surface area (Å²) in [6, 6.07) is 21.3. The van der Waals surface area contributed by atoms with Crippen molar-refractivity contribution in [1.29, 1.82) is 0 Å². The number of halogens is 1. The van der Waals surface area contributed by atoms with Gasteiger partial charge in [0, 0.05) is 38.0 Å². The second-order valence-electron chi connectivity index (χ2n) is 8.11. The average molecular weight is 466 g/mol. The molecule has 6 nitrogen and oxygen atoms in total. The van der Waals surface area contributed by atoms with Crippen LogP contribution in [-0.2, 0) is 9.59 Å². The van der Waals surface area contributed by atoms with Gasteiger partial charge < -0.3 is 15.0 Å². The molecule has 0 radical (unpaired) electrons. The molecule has 0 aliphatic carbocycles. The van der Waals surface area contributed by atoms with Crippen molar-refractivity contribution in [2.75, 3.05) is 44.6 Å². The highest BCUT2D eigenvalue weighted by atomic mass is 35.5. The van der Waals surface area contributed by atoms with Gasteiger partial charge in [0.1, 0.15) is 5.75 Å². The molecule has 0 aromatic heterocycles. The number of benzene rings is 3. The van der Waals surface area contributed by atoms with Gasteiger partial charge in [0.2, 0.25) is 11.8 Å². The standard InChI is InChI=1S/C26H28ClN3O3/c27-22-10-3-4-11-23(22)28-25(31)19-29-14-16-30(17-15-29)26(32)13-6-18-33-24-12-5-8-20-7-1-2-9-21(20)24/h1-5,7-12H,6,13-19H2,(H,28,31). The molecular weight excluding hydrogens is 438 g/mol. The number of rotatable bonds is 8. The van der Waals surface area contributed by atoms with Crippen molar-refractivity contribution in [2.24, 2.45) is 0 Å². The van der Waals surface area contributed by atoms with Crippen LogP contribution in [0.25, 0.3) is 10.8 Å². The first kappa shape index (κ1) is 23.1. The fourth-order valence-electron chi connectivity index (χ4n) is 4.00. The highest BCUT2D eigenvalue weighted by Crippen LogP contribution is 2.25. The summed E-state index contributed by atoms with van der Waals surface area (Å²) in [4.78, 5) is 28.8. The van der Waals surface area contributed by atoms with Crippen LogP contribution in [-0.4, -0.2) is 60.9 Å². The van der Waals surface area contributed by atoms with Gasteiger partial charge in [-0.15, -0.1) is 0 Å². The minimum absolute atomic E-state index is 0.103. The molecule has 0 atom stereocenters. The molecule has 4 rings (SSSR count). The van der Waals surface area contributed by atoms with Gasteiger partial charge in [0.15, 0.2) is 0 Å². The van der Waals surface area contributed by atoms with E-state index in [0.717, 1.165) is 16.5 Å². The maximum absolute atomic E-state index is 12.6. The third-order valence-corrected chi connectivity index (χ3v) is 6.11. The number of hydrogen-bond donors (Lipinski definition) is 1. The Morgan fingerprint density at radius 1 is 0.909 bits per heavy atom. The number of carbonyl (C=O) groups is 2. The van der Waals surface area contributed by atoms with Crippen molar-refractivity contribution in [2.45, 2.75) is 12.8 Å². The van der Waals surface area contributed by atoms with Gasteiger partial charge in [-0.25, -0.2) is 0 Å². The summed E-state index contributed by atoms with van der Waals surface area (Å²) < 4.78 is 5.94. The Morgan fingerprint density at radius 3 is 2.45 bits per heavy atom. The highest BCUT2D eigenvalue weighted by molar-refractivity contribution is 6.33. The SMILES string of the molecule is O=C(CN1CCN(C(=O)CCCOc2cccc3ccccc23)CC1)Nc1ccccc1Cl. The van der Waals surface area contributed by atoms with Crippen LogP contribution in [0.1, 0.15) is 12.8 Å². The second-order valence-corrected chi connectivity index (χ2v) is 8.52. The summed E-state index contributed by atoms with van der Waals surface area (Å²) in [7, 11) is 0. The fraction of sp³-hybridized carbons (Fsp3) is 0.308. The Bertz CT molecular complexity index is 1110. The molecular formula is C26H28ClN3O3. The number of carbonyl (C=O) groups excluding carboxylic acids is 2. The smallest absolute Gasteiger partial charge is 0.238 e. The van der Waals surface area contributed by atoms with E-state index in [1.54, 1.807) is 12.1 Å². The van der Waals surface area contributed by atoms with Gasteiger partial charge in [-0.2, -0.15) is 0 Å². The van der Waals surface area contributed by atoms with Gasteiger partial charge in [-0.05, 0) is 30.0 Å². The first-order valence-corrected chi connectivity index (χ1v) is 11.6. The molecule has 0 bridgehead atoms. The maximum Gasteiger partial charge on any atom is 0.238 e. The van der Waals surface area contributed by atoms with E-state index in [1.165, 1.54) is 0 Å². The van der Waals surface area contributed by atoms with E-state index in [9.17, 15) is 9.59 Å². The lowest BCUT2D eigenvalue weighted by molar-refractivity contribution is -0.133. The number of amides is 2. The van der Waals surface area contributed by atoms with Crippen LogP contribution in [0, 0.1) is 0 Å². The van der Waals surface area contributed by atoms with Crippen LogP contribution in [0.4, 0.5) is 5.69 Å². The van der Waals surface area contributed by atoms with Crippen molar-refractivity contribution in [3.63, 3.8) is 0 Å². The number of nitrogens with one attached hydrogen (secondary N) is 1. The summed E-state index contributed by atoms with van der Waals surface area (Å²) in [6.45, 7) is 3.39. The second kappa shape index (κ2) is 11.2. The molecule has 1 N–H and O–H groups in total. The zero-order chi connectivity index (χ0) is 23.0. The minimum Gasteiger partial charge on any atom is -0.493 e. The summed E-state index contributed by atoms with van der Waals surface area (Å²) in [5.74, 6) is 0.884. The molecule has 1 saturated heterocycles. The third-order valence-electron chi connectivity index (χ3n) is 5.78. The molecule has 1 fully saturated rings. The van der Waals surface area contributed by atoms with Crippen LogP contribution in [0.3, 0.4) is 0 Å². The van der Waals surface area contributed by atoms with Crippen LogP contribution >= 0.6 is 11.6 Å². The van der Waals surface area contributed by atoms with E-state index < -0.39 is 0 Å². The quantitative estimate of drug-likeness (QED) is 0.500. The summed E-state index contributed by atoms with van der Waals surface area (Å²) in [5, 5.41) is 5.59. The number of anilines is 1. The molecule has 0 saturated carbocycles. The molecule has 3 aromatic carbocycles. The molecule has 0 spiro atoms. The van der Waals surface area contributed by atoms with Crippen LogP contribution < -0.4 is 10.1 Å². The summed E-state index contributed by atoms with van der Waals surface area (Å²) in [6.07, 6.45) is 1.13. The third kappa shape index (κ3) is 6.24. The number of ether oxygens (including phenoxy) is 1. The normalized spacial score (nSPS) is 14.3. The molecule has 1 aliphatic rings. The van der Waals surface area contributed by atoms with Crippen LogP contribution in [0.2, 0.25) is 5.02 Å². The maximum atomic E-state index is 12.6. The van der Waals surface area contributed by atoms with E-state index >= 15 is 0 Å².